The molecule has 1 amide bonds. The topological polar surface area (TPSA) is 103 Å². The van der Waals surface area contributed by atoms with Crippen molar-refractivity contribution in [1.82, 2.24) is 24.9 Å². The second-order valence-electron chi connectivity index (χ2n) is 7.70. The molecule has 0 radical (unpaired) electrons. The number of oxazole rings is 1. The molecule has 0 saturated carbocycles. The van der Waals surface area contributed by atoms with Gasteiger partial charge >= 0.3 is 5.97 Å². The van der Waals surface area contributed by atoms with Crippen LogP contribution in [0.1, 0.15) is 71.5 Å². The minimum Gasteiger partial charge on any atom is -0.461 e. The predicted octanol–water partition coefficient (Wildman–Crippen LogP) is 3.78. The number of rotatable bonds is 6. The highest BCUT2D eigenvalue weighted by Crippen LogP contribution is 2.34. The van der Waals surface area contributed by atoms with Crippen molar-refractivity contribution in [2.24, 2.45) is 0 Å². The zero-order chi connectivity index (χ0) is 23.5. The van der Waals surface area contributed by atoms with E-state index < -0.39 is 29.8 Å². The SMILES string of the molecule is CCOC(=O)c1nc([C@@H]2CC[C@@H](C)N(C(=O)c3ccccc3-n3nccn3)C2)oc1C(F)F. The number of alkyl halides is 2. The van der Waals surface area contributed by atoms with E-state index in [0.717, 1.165) is 0 Å². The van der Waals surface area contributed by atoms with E-state index in [1.54, 1.807) is 36.1 Å². The Morgan fingerprint density at radius 2 is 1.94 bits per heavy atom. The number of aromatic nitrogens is 4. The van der Waals surface area contributed by atoms with Gasteiger partial charge in [-0.25, -0.2) is 18.6 Å². The summed E-state index contributed by atoms with van der Waals surface area (Å²) in [6.07, 6.45) is 1.20. The van der Waals surface area contributed by atoms with Gasteiger partial charge in [0.25, 0.3) is 12.3 Å². The maximum Gasteiger partial charge on any atom is 0.360 e. The summed E-state index contributed by atoms with van der Waals surface area (Å²) in [7, 11) is 0. The molecule has 1 aliphatic heterocycles. The summed E-state index contributed by atoms with van der Waals surface area (Å²) in [5, 5.41) is 8.22. The Morgan fingerprint density at radius 3 is 2.64 bits per heavy atom. The van der Waals surface area contributed by atoms with Crippen molar-refractivity contribution in [1.29, 1.82) is 0 Å². The number of esters is 1. The van der Waals surface area contributed by atoms with Crippen molar-refractivity contribution in [2.45, 2.75) is 45.1 Å². The average molecular weight is 459 g/mol. The van der Waals surface area contributed by atoms with E-state index in [-0.39, 0.29) is 31.0 Å². The van der Waals surface area contributed by atoms with Crippen molar-refractivity contribution in [3.05, 3.63) is 59.6 Å². The first-order chi connectivity index (χ1) is 15.9. The fraction of sp³-hybridized carbons (Fsp3) is 0.409. The van der Waals surface area contributed by atoms with Crippen LogP contribution in [-0.2, 0) is 4.74 Å². The molecule has 1 aromatic carbocycles. The maximum absolute atomic E-state index is 13.5. The second-order valence-corrected chi connectivity index (χ2v) is 7.70. The van der Waals surface area contributed by atoms with Crippen LogP contribution in [-0.4, -0.2) is 55.9 Å². The number of benzene rings is 1. The van der Waals surface area contributed by atoms with Gasteiger partial charge in [0.15, 0.2) is 11.6 Å². The Bertz CT molecular complexity index is 1130. The monoisotopic (exact) mass is 459 g/mol. The normalized spacial score (nSPS) is 18.5. The van der Waals surface area contributed by atoms with Gasteiger partial charge in [-0.3, -0.25) is 4.79 Å². The number of para-hydroxylation sites is 1. The zero-order valence-corrected chi connectivity index (χ0v) is 18.1. The van der Waals surface area contributed by atoms with Crippen LogP contribution < -0.4 is 0 Å². The number of nitrogens with zero attached hydrogens (tertiary/aromatic N) is 5. The summed E-state index contributed by atoms with van der Waals surface area (Å²) in [6, 6.07) is 6.87. The lowest BCUT2D eigenvalue weighted by molar-refractivity contribution is 0.0501. The molecule has 3 aromatic rings. The molecule has 11 heteroatoms. The molecule has 0 spiro atoms. The van der Waals surface area contributed by atoms with E-state index in [0.29, 0.717) is 24.1 Å². The fourth-order valence-corrected chi connectivity index (χ4v) is 3.93. The number of amides is 1. The molecular weight excluding hydrogens is 436 g/mol. The summed E-state index contributed by atoms with van der Waals surface area (Å²) >= 11 is 0. The standard InChI is InChI=1S/C22H23F2N5O4/c1-3-32-22(31)17-18(19(23)24)33-20(27-17)14-9-8-13(2)28(12-14)21(30)15-6-4-5-7-16(15)29-25-10-11-26-29/h4-7,10-11,13-14,19H,3,8-9,12H2,1-2H3/t13-,14-/m1/s1. The first-order valence-electron chi connectivity index (χ1n) is 10.6. The summed E-state index contributed by atoms with van der Waals surface area (Å²) in [6.45, 7) is 3.72. The molecule has 0 N–H and O–H groups in total. The summed E-state index contributed by atoms with van der Waals surface area (Å²) in [4.78, 5) is 32.6. The van der Waals surface area contributed by atoms with E-state index in [1.165, 1.54) is 17.2 Å². The van der Waals surface area contributed by atoms with Crippen LogP contribution in [0, 0.1) is 0 Å². The van der Waals surface area contributed by atoms with Crippen molar-refractivity contribution in [2.75, 3.05) is 13.2 Å². The van der Waals surface area contributed by atoms with Crippen LogP contribution in [0.15, 0.2) is 41.1 Å². The summed E-state index contributed by atoms with van der Waals surface area (Å²) in [5.41, 5.74) is 0.421. The Kier molecular flexibility index (Phi) is 6.47. The first-order valence-corrected chi connectivity index (χ1v) is 10.6. The van der Waals surface area contributed by atoms with Gasteiger partial charge in [-0.05, 0) is 38.8 Å². The van der Waals surface area contributed by atoms with E-state index in [9.17, 15) is 18.4 Å². The van der Waals surface area contributed by atoms with Gasteiger partial charge in [-0.1, -0.05) is 12.1 Å². The molecule has 3 heterocycles. The van der Waals surface area contributed by atoms with Crippen molar-refractivity contribution in [3.63, 3.8) is 0 Å². The molecule has 1 aliphatic rings. The molecule has 1 saturated heterocycles. The minimum atomic E-state index is -3.01. The van der Waals surface area contributed by atoms with E-state index in [2.05, 4.69) is 15.2 Å². The Morgan fingerprint density at radius 1 is 1.21 bits per heavy atom. The van der Waals surface area contributed by atoms with Crippen LogP contribution in [0.25, 0.3) is 5.69 Å². The van der Waals surface area contributed by atoms with Crippen molar-refractivity contribution >= 4 is 11.9 Å². The van der Waals surface area contributed by atoms with Gasteiger partial charge in [0.05, 0.1) is 36.2 Å². The molecule has 0 bridgehead atoms. The lowest BCUT2D eigenvalue weighted by Gasteiger charge is -2.37. The third kappa shape index (κ3) is 4.48. The number of ether oxygens (including phenoxy) is 1. The highest BCUT2D eigenvalue weighted by Gasteiger charge is 2.36. The van der Waals surface area contributed by atoms with Crippen LogP contribution in [0.5, 0.6) is 0 Å². The van der Waals surface area contributed by atoms with Crippen LogP contribution in [0.3, 0.4) is 0 Å². The van der Waals surface area contributed by atoms with Crippen molar-refractivity contribution in [3.8, 4) is 5.69 Å². The highest BCUT2D eigenvalue weighted by molar-refractivity contribution is 5.98. The lowest BCUT2D eigenvalue weighted by atomic mass is 9.92. The number of likely N-dealkylation sites (tertiary alicyclic amines) is 1. The fourth-order valence-electron chi connectivity index (χ4n) is 3.93. The lowest BCUT2D eigenvalue weighted by Crippen LogP contribution is -2.45. The molecule has 2 aromatic heterocycles. The molecule has 33 heavy (non-hydrogen) atoms. The Hall–Kier alpha value is -3.63. The molecule has 9 nitrogen and oxygen atoms in total. The Labute approximate surface area is 188 Å². The molecule has 0 aliphatic carbocycles. The third-order valence-corrected chi connectivity index (χ3v) is 5.60. The number of halogens is 2. The van der Waals surface area contributed by atoms with E-state index in [4.69, 9.17) is 9.15 Å². The average Bonchev–Trinajstić information content (AvgIpc) is 3.50. The predicted molar refractivity (Wildman–Crippen MR) is 111 cm³/mol. The molecular formula is C22H23F2N5O4. The van der Waals surface area contributed by atoms with Crippen molar-refractivity contribution < 1.29 is 27.5 Å². The van der Waals surface area contributed by atoms with Crippen LogP contribution in [0.2, 0.25) is 0 Å². The minimum absolute atomic E-state index is 0.0000751. The van der Waals surface area contributed by atoms with Gasteiger partial charge in [0, 0.05) is 12.6 Å². The number of piperidine rings is 1. The summed E-state index contributed by atoms with van der Waals surface area (Å²) in [5.74, 6) is -2.46. The van der Waals surface area contributed by atoms with Gasteiger partial charge in [-0.15, -0.1) is 0 Å². The van der Waals surface area contributed by atoms with Gasteiger partial charge in [-0.2, -0.15) is 15.0 Å². The van der Waals surface area contributed by atoms with Crippen LogP contribution >= 0.6 is 0 Å². The molecule has 1 fully saturated rings. The number of carbonyl (C=O) groups is 2. The van der Waals surface area contributed by atoms with Gasteiger partial charge in [0.1, 0.15) is 0 Å². The molecule has 2 atom stereocenters. The van der Waals surface area contributed by atoms with Gasteiger partial charge < -0.3 is 14.1 Å². The third-order valence-electron chi connectivity index (χ3n) is 5.60. The largest absolute Gasteiger partial charge is 0.461 e. The molecule has 0 unspecified atom stereocenters. The van der Waals surface area contributed by atoms with Crippen LogP contribution in [0.4, 0.5) is 8.78 Å². The van der Waals surface area contributed by atoms with E-state index in [1.807, 2.05) is 6.92 Å². The molecule has 4 rings (SSSR count). The number of hydrogen-bond donors (Lipinski definition) is 0. The number of carbonyl (C=O) groups excluding carboxylic acids is 2. The zero-order valence-electron chi connectivity index (χ0n) is 18.1. The Balaban J connectivity index is 1.62. The second kappa shape index (κ2) is 9.47. The summed E-state index contributed by atoms with van der Waals surface area (Å²) < 4.78 is 37.1. The van der Waals surface area contributed by atoms with E-state index >= 15 is 0 Å². The molecule has 174 valence electrons. The highest BCUT2D eigenvalue weighted by atomic mass is 19.3. The first kappa shape index (κ1) is 22.6. The quantitative estimate of drug-likeness (QED) is 0.517. The van der Waals surface area contributed by atoms with Gasteiger partial charge in [0.2, 0.25) is 5.76 Å². The smallest absolute Gasteiger partial charge is 0.360 e. The number of hydrogen-bond acceptors (Lipinski definition) is 7. The maximum atomic E-state index is 13.5.